The zero-order chi connectivity index (χ0) is 26.2. The molecule has 0 amide bonds. The Kier molecular flexibility index (Phi) is 7.04. The van der Waals surface area contributed by atoms with Crippen LogP contribution in [0.4, 0.5) is 5.13 Å². The van der Waals surface area contributed by atoms with E-state index in [-0.39, 0.29) is 12.3 Å². The number of benzene rings is 2. The molecule has 0 radical (unpaired) electrons. The van der Waals surface area contributed by atoms with Crippen molar-refractivity contribution in [1.82, 2.24) is 14.8 Å². The van der Waals surface area contributed by atoms with Crippen LogP contribution in [-0.4, -0.2) is 20.5 Å². The molecular formula is C31H36N4OS. The van der Waals surface area contributed by atoms with E-state index in [1.165, 1.54) is 21.6 Å². The molecule has 192 valence electrons. The lowest BCUT2D eigenvalue weighted by Crippen LogP contribution is -2.33. The van der Waals surface area contributed by atoms with Crippen LogP contribution in [0.2, 0.25) is 0 Å². The monoisotopic (exact) mass is 512 g/mol. The second-order valence-electron chi connectivity index (χ2n) is 10.6. The first kappa shape index (κ1) is 25.4. The standard InChI is InChI=1S/C31H36N4OS/c1-5-22-16-20(2)21(3)17-24(22)26-18-27(23-10-7-6-8-11-23)35(34-26)19-29(36)31(4)14-9-12-25-28(13-15-31)37-30(32)33-25/h6-8,10-11,16-18H,5,9,12-15,19H2,1-4H3,(H2,32,33). The second-order valence-corrected chi connectivity index (χ2v) is 11.8. The molecule has 0 aliphatic heterocycles. The first-order valence-corrected chi connectivity index (χ1v) is 14.1. The average Bonchev–Trinajstić information content (AvgIpc) is 3.46. The number of nitrogen functional groups attached to an aromatic ring is 1. The van der Waals surface area contributed by atoms with Crippen LogP contribution in [0.5, 0.6) is 0 Å². The summed E-state index contributed by atoms with van der Waals surface area (Å²) in [6.07, 6.45) is 5.29. The number of nitrogens with two attached hydrogens (primary N) is 1. The third-order valence-corrected chi connectivity index (χ3v) is 9.02. The van der Waals surface area contributed by atoms with Gasteiger partial charge in [-0.3, -0.25) is 9.48 Å². The van der Waals surface area contributed by atoms with Crippen LogP contribution < -0.4 is 5.73 Å². The van der Waals surface area contributed by atoms with Crippen LogP contribution in [0, 0.1) is 19.3 Å². The van der Waals surface area contributed by atoms with Gasteiger partial charge in [0.1, 0.15) is 6.54 Å². The van der Waals surface area contributed by atoms with Crippen molar-refractivity contribution in [2.45, 2.75) is 72.8 Å². The third kappa shape index (κ3) is 5.12. The summed E-state index contributed by atoms with van der Waals surface area (Å²) in [4.78, 5) is 19.7. The molecule has 1 unspecified atom stereocenters. The van der Waals surface area contributed by atoms with Gasteiger partial charge < -0.3 is 5.73 Å². The number of carbonyl (C=O) groups is 1. The minimum Gasteiger partial charge on any atom is -0.375 e. The van der Waals surface area contributed by atoms with Gasteiger partial charge in [0.2, 0.25) is 0 Å². The summed E-state index contributed by atoms with van der Waals surface area (Å²) in [6.45, 7) is 8.89. The minimum atomic E-state index is -0.397. The maximum atomic E-state index is 13.9. The number of aryl methyl sites for hydroxylation is 5. The number of anilines is 1. The number of rotatable bonds is 6. The summed E-state index contributed by atoms with van der Waals surface area (Å²) < 4.78 is 1.93. The molecule has 6 heteroatoms. The lowest BCUT2D eigenvalue weighted by atomic mass is 9.75. The Labute approximate surface area is 223 Å². The SMILES string of the molecule is CCc1cc(C)c(C)cc1-c1cc(-c2ccccc2)n(CC(=O)C2(C)CCCc3nc(N)sc3CC2)n1. The Balaban J connectivity index is 1.49. The van der Waals surface area contributed by atoms with Gasteiger partial charge in [-0.15, -0.1) is 11.3 Å². The van der Waals surface area contributed by atoms with Crippen molar-refractivity contribution < 1.29 is 4.79 Å². The molecule has 2 heterocycles. The quantitative estimate of drug-likeness (QED) is 0.302. The molecular weight excluding hydrogens is 476 g/mol. The Hall–Kier alpha value is -3.25. The van der Waals surface area contributed by atoms with E-state index < -0.39 is 5.41 Å². The van der Waals surface area contributed by atoms with Gasteiger partial charge in [0.25, 0.3) is 0 Å². The van der Waals surface area contributed by atoms with Crippen molar-refractivity contribution in [2.24, 2.45) is 5.41 Å². The topological polar surface area (TPSA) is 73.8 Å². The highest BCUT2D eigenvalue weighted by Crippen LogP contribution is 2.38. The molecule has 5 rings (SSSR count). The molecule has 1 aliphatic rings. The summed E-state index contributed by atoms with van der Waals surface area (Å²) in [7, 11) is 0. The molecule has 37 heavy (non-hydrogen) atoms. The van der Waals surface area contributed by atoms with Gasteiger partial charge in [0, 0.05) is 15.9 Å². The number of aromatic nitrogens is 3. The normalized spacial score (nSPS) is 17.7. The van der Waals surface area contributed by atoms with E-state index in [4.69, 9.17) is 10.8 Å². The molecule has 5 nitrogen and oxygen atoms in total. The van der Waals surface area contributed by atoms with Crippen LogP contribution in [0.25, 0.3) is 22.5 Å². The predicted octanol–water partition coefficient (Wildman–Crippen LogP) is 6.98. The molecule has 1 aliphatic carbocycles. The van der Waals surface area contributed by atoms with Crippen LogP contribution >= 0.6 is 11.3 Å². The molecule has 0 saturated heterocycles. The lowest BCUT2D eigenvalue weighted by molar-refractivity contribution is -0.129. The third-order valence-electron chi connectivity index (χ3n) is 8.03. The highest BCUT2D eigenvalue weighted by Gasteiger charge is 2.35. The minimum absolute atomic E-state index is 0.246. The molecule has 2 N–H and O–H groups in total. The zero-order valence-electron chi connectivity index (χ0n) is 22.3. The number of carbonyl (C=O) groups excluding carboxylic acids is 1. The van der Waals surface area contributed by atoms with Gasteiger partial charge >= 0.3 is 0 Å². The van der Waals surface area contributed by atoms with E-state index in [1.54, 1.807) is 11.3 Å². The van der Waals surface area contributed by atoms with E-state index in [0.29, 0.717) is 5.13 Å². The Morgan fingerprint density at radius 1 is 1.08 bits per heavy atom. The van der Waals surface area contributed by atoms with Crippen molar-refractivity contribution in [1.29, 1.82) is 0 Å². The highest BCUT2D eigenvalue weighted by atomic mass is 32.1. The Bertz CT molecular complexity index is 1440. The van der Waals surface area contributed by atoms with Crippen molar-refractivity contribution in [3.63, 3.8) is 0 Å². The molecule has 0 fully saturated rings. The smallest absolute Gasteiger partial charge is 0.180 e. The van der Waals surface area contributed by atoms with Crippen molar-refractivity contribution in [2.75, 3.05) is 5.73 Å². The van der Waals surface area contributed by atoms with Crippen LogP contribution in [0.3, 0.4) is 0 Å². The number of hydrogen-bond donors (Lipinski definition) is 1. The van der Waals surface area contributed by atoms with Crippen LogP contribution in [-0.2, 0) is 30.6 Å². The van der Waals surface area contributed by atoms with E-state index >= 15 is 0 Å². The number of fused-ring (bicyclic) bond motifs is 1. The summed E-state index contributed by atoms with van der Waals surface area (Å²) in [5.41, 5.74) is 14.7. The first-order chi connectivity index (χ1) is 17.8. The van der Waals surface area contributed by atoms with Crippen molar-refractivity contribution >= 4 is 22.3 Å². The van der Waals surface area contributed by atoms with Gasteiger partial charge in [-0.05, 0) is 86.8 Å². The van der Waals surface area contributed by atoms with E-state index in [9.17, 15) is 4.79 Å². The zero-order valence-corrected chi connectivity index (χ0v) is 23.1. The van der Waals surface area contributed by atoms with Crippen LogP contribution in [0.15, 0.2) is 48.5 Å². The molecule has 4 aromatic rings. The van der Waals surface area contributed by atoms with Gasteiger partial charge in [0.05, 0.1) is 17.1 Å². The van der Waals surface area contributed by atoms with Crippen molar-refractivity contribution in [3.05, 3.63) is 75.8 Å². The van der Waals surface area contributed by atoms with Crippen LogP contribution in [0.1, 0.15) is 60.4 Å². The maximum absolute atomic E-state index is 13.9. The fraction of sp³-hybridized carbons (Fsp3) is 0.387. The number of thiazole rings is 1. The van der Waals surface area contributed by atoms with E-state index in [0.717, 1.165) is 66.7 Å². The number of ketones is 1. The first-order valence-electron chi connectivity index (χ1n) is 13.3. The Morgan fingerprint density at radius 2 is 1.84 bits per heavy atom. The van der Waals surface area contributed by atoms with Crippen molar-refractivity contribution in [3.8, 4) is 22.5 Å². The van der Waals surface area contributed by atoms with E-state index in [1.807, 2.05) is 22.9 Å². The molecule has 1 atom stereocenters. The lowest BCUT2D eigenvalue weighted by Gasteiger charge is -2.30. The molecule has 2 aromatic heterocycles. The van der Waals surface area contributed by atoms with Gasteiger partial charge in [-0.25, -0.2) is 4.98 Å². The fourth-order valence-electron chi connectivity index (χ4n) is 5.48. The van der Waals surface area contributed by atoms with Gasteiger partial charge in [-0.1, -0.05) is 50.2 Å². The summed E-state index contributed by atoms with van der Waals surface area (Å²) in [5.74, 6) is 0.246. The number of nitrogens with zero attached hydrogens (tertiary/aromatic N) is 3. The summed E-state index contributed by atoms with van der Waals surface area (Å²) in [6, 6.07) is 16.9. The van der Waals surface area contributed by atoms with Gasteiger partial charge in [0.15, 0.2) is 10.9 Å². The second kappa shape index (κ2) is 10.3. The highest BCUT2D eigenvalue weighted by molar-refractivity contribution is 7.15. The van der Waals surface area contributed by atoms with Gasteiger partial charge in [-0.2, -0.15) is 5.10 Å². The summed E-state index contributed by atoms with van der Waals surface area (Å²) >= 11 is 1.57. The number of hydrogen-bond acceptors (Lipinski definition) is 5. The number of Topliss-reactive ketones (excluding diaryl/α,β-unsaturated/α-hetero) is 1. The maximum Gasteiger partial charge on any atom is 0.180 e. The summed E-state index contributed by atoms with van der Waals surface area (Å²) in [5, 5.41) is 5.69. The average molecular weight is 513 g/mol. The molecule has 2 aromatic carbocycles. The molecule has 0 spiro atoms. The predicted molar refractivity (Wildman–Crippen MR) is 153 cm³/mol. The molecule has 0 saturated carbocycles. The van der Waals surface area contributed by atoms with E-state index in [2.05, 4.69) is 63.0 Å². The largest absolute Gasteiger partial charge is 0.375 e. The Morgan fingerprint density at radius 3 is 2.59 bits per heavy atom. The fourth-order valence-corrected chi connectivity index (χ4v) is 6.36. The molecule has 0 bridgehead atoms.